The second-order valence-corrected chi connectivity index (χ2v) is 8.97. The van der Waals surface area contributed by atoms with Crippen molar-refractivity contribution in [3.63, 3.8) is 0 Å². The van der Waals surface area contributed by atoms with Crippen LogP contribution >= 0.6 is 0 Å². The second kappa shape index (κ2) is 16.3. The average molecular weight is 513 g/mol. The number of methoxy groups -OCH3 is 2. The lowest BCUT2D eigenvalue weighted by atomic mass is 10.0. The van der Waals surface area contributed by atoms with E-state index in [0.29, 0.717) is 42.4 Å². The summed E-state index contributed by atoms with van der Waals surface area (Å²) in [6.45, 7) is 16.1. The van der Waals surface area contributed by atoms with Crippen molar-refractivity contribution in [3.8, 4) is 11.5 Å². The minimum atomic E-state index is -0.221. The van der Waals surface area contributed by atoms with Gasteiger partial charge in [0, 0.05) is 27.8 Å². The Morgan fingerprint density at radius 3 is 1.70 bits per heavy atom. The predicted octanol–water partition coefficient (Wildman–Crippen LogP) is 5.03. The average Bonchev–Trinajstić information content (AvgIpc) is 2.87. The third-order valence-corrected chi connectivity index (χ3v) is 4.85. The van der Waals surface area contributed by atoms with Crippen LogP contribution in [0.2, 0.25) is 0 Å². The van der Waals surface area contributed by atoms with Gasteiger partial charge in [-0.2, -0.15) is 0 Å². The number of rotatable bonds is 13. The van der Waals surface area contributed by atoms with Crippen molar-refractivity contribution in [2.75, 3.05) is 27.4 Å². The van der Waals surface area contributed by atoms with Gasteiger partial charge in [-0.1, -0.05) is 30.4 Å². The van der Waals surface area contributed by atoms with E-state index < -0.39 is 0 Å². The van der Waals surface area contributed by atoms with Crippen molar-refractivity contribution < 1.29 is 28.5 Å². The summed E-state index contributed by atoms with van der Waals surface area (Å²) in [5.74, 6) is 1.09. The highest BCUT2D eigenvalue weighted by molar-refractivity contribution is 5.96. The van der Waals surface area contributed by atoms with Crippen LogP contribution in [0.5, 0.6) is 11.5 Å². The zero-order valence-electron chi connectivity index (χ0n) is 22.8. The summed E-state index contributed by atoms with van der Waals surface area (Å²) < 4.78 is 21.3. The van der Waals surface area contributed by atoms with E-state index in [9.17, 15) is 9.59 Å². The lowest BCUT2D eigenvalue weighted by Gasteiger charge is -2.22. The number of ketones is 1. The first kappa shape index (κ1) is 31.6. The van der Waals surface area contributed by atoms with E-state index >= 15 is 0 Å². The van der Waals surface area contributed by atoms with Crippen molar-refractivity contribution in [2.24, 2.45) is 0 Å². The summed E-state index contributed by atoms with van der Waals surface area (Å²) in [6.07, 6.45) is 3.33. The number of carbonyl (C=O) groups is 2. The molecule has 2 aromatic rings. The third-order valence-electron chi connectivity index (χ3n) is 4.85. The van der Waals surface area contributed by atoms with E-state index in [1.54, 1.807) is 56.7 Å². The molecule has 202 valence electrons. The number of amides is 1. The van der Waals surface area contributed by atoms with E-state index in [-0.39, 0.29) is 23.8 Å². The molecule has 8 nitrogen and oxygen atoms in total. The molecular weight excluding hydrogens is 472 g/mol. The van der Waals surface area contributed by atoms with Crippen molar-refractivity contribution in [2.45, 2.75) is 46.4 Å². The fourth-order valence-electron chi connectivity index (χ4n) is 3.15. The van der Waals surface area contributed by atoms with Crippen LogP contribution in [0.3, 0.4) is 0 Å². The van der Waals surface area contributed by atoms with Crippen LogP contribution in [0, 0.1) is 0 Å². The van der Waals surface area contributed by atoms with Gasteiger partial charge < -0.3 is 18.9 Å². The predicted molar refractivity (Wildman–Crippen MR) is 146 cm³/mol. The molecule has 0 saturated heterocycles. The van der Waals surface area contributed by atoms with Crippen molar-refractivity contribution in [1.29, 1.82) is 0 Å². The zero-order chi connectivity index (χ0) is 27.8. The Kier molecular flexibility index (Phi) is 13.9. The highest BCUT2D eigenvalue weighted by Crippen LogP contribution is 2.24. The number of hydrogen-bond donors (Lipinski definition) is 2. The van der Waals surface area contributed by atoms with Gasteiger partial charge in [0.1, 0.15) is 11.5 Å². The van der Waals surface area contributed by atoms with Crippen LogP contribution in [0.4, 0.5) is 0 Å². The Morgan fingerprint density at radius 2 is 1.30 bits per heavy atom. The molecule has 8 heteroatoms. The molecule has 0 spiro atoms. The Bertz CT molecular complexity index is 1040. The largest absolute Gasteiger partial charge is 0.496 e. The summed E-state index contributed by atoms with van der Waals surface area (Å²) in [4.78, 5) is 23.7. The molecule has 0 atom stereocenters. The summed E-state index contributed by atoms with van der Waals surface area (Å²) in [7, 11) is 3.15. The molecule has 1 amide bonds. The van der Waals surface area contributed by atoms with Gasteiger partial charge >= 0.3 is 0 Å². The molecule has 0 aromatic heterocycles. The quantitative estimate of drug-likeness (QED) is 0.168. The molecule has 2 rings (SSSR count). The van der Waals surface area contributed by atoms with Crippen molar-refractivity contribution in [3.05, 3.63) is 84.0 Å². The van der Waals surface area contributed by atoms with Crippen LogP contribution in [0.15, 0.2) is 61.7 Å². The summed E-state index contributed by atoms with van der Waals surface area (Å²) in [6, 6.07) is 10.7. The van der Waals surface area contributed by atoms with Gasteiger partial charge in [0.15, 0.2) is 5.78 Å². The van der Waals surface area contributed by atoms with E-state index in [2.05, 4.69) is 24.0 Å². The lowest BCUT2D eigenvalue weighted by molar-refractivity contribution is 0.0905. The Balaban J connectivity index is 0.000000384. The van der Waals surface area contributed by atoms with E-state index in [1.807, 2.05) is 26.8 Å². The first-order valence-corrected chi connectivity index (χ1v) is 11.9. The summed E-state index contributed by atoms with van der Waals surface area (Å²) >= 11 is 0. The molecule has 0 aliphatic heterocycles. The van der Waals surface area contributed by atoms with Crippen LogP contribution < -0.4 is 20.3 Å². The number of nitrogens with one attached hydrogen (secondary N) is 2. The maximum absolute atomic E-state index is 12.3. The maximum atomic E-state index is 12.3. The topological polar surface area (TPSA) is 95.1 Å². The molecule has 0 radical (unpaired) electrons. The van der Waals surface area contributed by atoms with E-state index in [1.165, 1.54) is 6.92 Å². The summed E-state index contributed by atoms with van der Waals surface area (Å²) in [5, 5.41) is 0. The second-order valence-electron chi connectivity index (χ2n) is 8.97. The minimum Gasteiger partial charge on any atom is -0.496 e. The number of hydrazine groups is 1. The maximum Gasteiger partial charge on any atom is 0.265 e. The van der Waals surface area contributed by atoms with Crippen LogP contribution in [0.25, 0.3) is 0 Å². The molecule has 0 bridgehead atoms. The highest BCUT2D eigenvalue weighted by Gasteiger charge is 2.18. The highest BCUT2D eigenvalue weighted by atomic mass is 16.5. The number of hydrogen-bond acceptors (Lipinski definition) is 7. The van der Waals surface area contributed by atoms with Crippen molar-refractivity contribution in [1.82, 2.24) is 10.9 Å². The molecule has 0 unspecified atom stereocenters. The molecular formula is C29H40N2O6. The number of ether oxygens (including phenoxy) is 4. The molecule has 0 saturated carbocycles. The summed E-state index contributed by atoms with van der Waals surface area (Å²) in [5.41, 5.74) is 8.12. The molecule has 37 heavy (non-hydrogen) atoms. The smallest absolute Gasteiger partial charge is 0.265 e. The Hall–Kier alpha value is -3.46. The Morgan fingerprint density at radius 1 is 0.838 bits per heavy atom. The van der Waals surface area contributed by atoms with Gasteiger partial charge in [0.25, 0.3) is 5.91 Å². The van der Waals surface area contributed by atoms with Crippen LogP contribution in [-0.4, -0.2) is 44.7 Å². The standard InChI is InChI=1S/C16H24N2O3.C13H16O3/c1-6-10-21-11-13-12(8-7-9-14(13)20-5)15(19)17-18-16(2,3)4;1-4-8-16-9-12-11(10(2)14)6-5-7-13(12)15-3/h6-9,18H,1,10-11H2,2-5H3,(H,17,19);4-7H,1,8-9H2,2-3H3. The minimum absolute atomic E-state index is 0.0103. The van der Waals surface area contributed by atoms with Crippen LogP contribution in [0.1, 0.15) is 59.5 Å². The van der Waals surface area contributed by atoms with Gasteiger partial charge in [-0.25, -0.2) is 5.43 Å². The molecule has 0 aliphatic rings. The van der Waals surface area contributed by atoms with Crippen LogP contribution in [-0.2, 0) is 22.7 Å². The van der Waals surface area contributed by atoms with Gasteiger partial charge in [0.05, 0.1) is 40.6 Å². The first-order chi connectivity index (χ1) is 17.6. The number of benzene rings is 2. The lowest BCUT2D eigenvalue weighted by Crippen LogP contribution is -2.48. The van der Waals surface area contributed by atoms with Gasteiger partial charge in [-0.05, 0) is 45.9 Å². The van der Waals surface area contributed by atoms with E-state index in [0.717, 1.165) is 11.1 Å². The molecule has 2 aromatic carbocycles. The molecule has 0 aliphatic carbocycles. The van der Waals surface area contributed by atoms with Crippen molar-refractivity contribution >= 4 is 11.7 Å². The first-order valence-electron chi connectivity index (χ1n) is 11.9. The fraction of sp³-hybridized carbons (Fsp3) is 0.379. The SMILES string of the molecule is C=CCOCc1c(OC)cccc1C(=O)NNC(C)(C)C.C=CCOCc1c(OC)cccc1C(C)=O. The monoisotopic (exact) mass is 512 g/mol. The fourth-order valence-corrected chi connectivity index (χ4v) is 3.15. The zero-order valence-corrected chi connectivity index (χ0v) is 22.8. The van der Waals surface area contributed by atoms with E-state index in [4.69, 9.17) is 18.9 Å². The van der Waals surface area contributed by atoms with Gasteiger partial charge in [-0.3, -0.25) is 15.0 Å². The molecule has 2 N–H and O–H groups in total. The van der Waals surface area contributed by atoms with Gasteiger partial charge in [-0.15, -0.1) is 13.2 Å². The Labute approximate surface area is 220 Å². The molecule has 0 heterocycles. The number of Topliss-reactive ketones (excluding diaryl/α,β-unsaturated/α-hetero) is 1. The number of carbonyl (C=O) groups excluding carboxylic acids is 2. The third kappa shape index (κ3) is 11.0. The molecule has 0 fully saturated rings. The normalized spacial score (nSPS) is 10.5. The van der Waals surface area contributed by atoms with Gasteiger partial charge in [0.2, 0.25) is 0 Å².